The zero-order valence-corrected chi connectivity index (χ0v) is 7.96. The first kappa shape index (κ1) is 11.4. The van der Waals surface area contributed by atoms with Gasteiger partial charge in [-0.1, -0.05) is 0 Å². The van der Waals surface area contributed by atoms with Crippen LogP contribution in [0.2, 0.25) is 0 Å². The van der Waals surface area contributed by atoms with Crippen LogP contribution in [0.3, 0.4) is 0 Å². The van der Waals surface area contributed by atoms with Crippen molar-refractivity contribution in [1.82, 2.24) is 5.09 Å². The molecule has 6 nitrogen and oxygen atoms in total. The van der Waals surface area contributed by atoms with E-state index in [1.54, 1.807) is 20.8 Å². The summed E-state index contributed by atoms with van der Waals surface area (Å²) in [6.07, 6.45) is -1.13. The third-order valence-corrected chi connectivity index (χ3v) is 1.11. The van der Waals surface area contributed by atoms with E-state index in [1.165, 1.54) is 5.09 Å². The molecule has 7 heteroatoms. The van der Waals surface area contributed by atoms with E-state index in [0.717, 1.165) is 0 Å². The SMILES string of the molecule is CC(C)(C)OC(=O)NP(=O)(O)O. The quantitative estimate of drug-likeness (QED) is 0.535. The lowest BCUT2D eigenvalue weighted by atomic mass is 10.2. The summed E-state index contributed by atoms with van der Waals surface area (Å²) in [6, 6.07) is 0. The van der Waals surface area contributed by atoms with Gasteiger partial charge in [-0.15, -0.1) is 0 Å². The molecule has 0 aliphatic heterocycles. The highest BCUT2D eigenvalue weighted by Crippen LogP contribution is 2.28. The van der Waals surface area contributed by atoms with Crippen molar-refractivity contribution in [3.05, 3.63) is 0 Å². The molecule has 12 heavy (non-hydrogen) atoms. The van der Waals surface area contributed by atoms with Crippen LogP contribution in [0.25, 0.3) is 0 Å². The maximum atomic E-state index is 10.6. The Kier molecular flexibility index (Phi) is 3.26. The van der Waals surface area contributed by atoms with Gasteiger partial charge in [0.15, 0.2) is 0 Å². The summed E-state index contributed by atoms with van der Waals surface area (Å²) in [5, 5.41) is 1.38. The number of ether oxygens (including phenoxy) is 1. The van der Waals surface area contributed by atoms with E-state index >= 15 is 0 Å². The molecule has 3 N–H and O–H groups in total. The fourth-order valence-electron chi connectivity index (χ4n) is 0.420. The van der Waals surface area contributed by atoms with Crippen molar-refractivity contribution in [3.8, 4) is 0 Å². The Morgan fingerprint density at radius 2 is 1.83 bits per heavy atom. The van der Waals surface area contributed by atoms with Crippen LogP contribution in [0.1, 0.15) is 20.8 Å². The third-order valence-electron chi connectivity index (χ3n) is 0.636. The lowest BCUT2D eigenvalue weighted by Gasteiger charge is -2.19. The summed E-state index contributed by atoms with van der Waals surface area (Å²) in [5.74, 6) is 0. The number of nitrogens with one attached hydrogen (secondary N) is 1. The largest absolute Gasteiger partial charge is 0.443 e. The average Bonchev–Trinajstić information content (AvgIpc) is 1.49. The van der Waals surface area contributed by atoms with Crippen LogP contribution in [-0.4, -0.2) is 21.5 Å². The van der Waals surface area contributed by atoms with Gasteiger partial charge in [0, 0.05) is 0 Å². The second-order valence-corrected chi connectivity index (χ2v) is 4.47. The van der Waals surface area contributed by atoms with Crippen LogP contribution in [0, 0.1) is 0 Å². The molecule has 0 aliphatic rings. The van der Waals surface area contributed by atoms with Crippen LogP contribution in [0.5, 0.6) is 0 Å². The van der Waals surface area contributed by atoms with E-state index in [4.69, 9.17) is 9.79 Å². The van der Waals surface area contributed by atoms with Crippen molar-refractivity contribution in [2.75, 3.05) is 0 Å². The van der Waals surface area contributed by atoms with E-state index in [0.29, 0.717) is 0 Å². The predicted molar refractivity (Wildman–Crippen MR) is 41.4 cm³/mol. The molecule has 72 valence electrons. The molecule has 0 saturated heterocycles. The average molecular weight is 197 g/mol. The van der Waals surface area contributed by atoms with Crippen LogP contribution in [0.15, 0.2) is 0 Å². The Morgan fingerprint density at radius 1 is 1.42 bits per heavy atom. The molecule has 0 spiro atoms. The predicted octanol–water partition coefficient (Wildman–Crippen LogP) is 0.604. The summed E-state index contributed by atoms with van der Waals surface area (Å²) in [4.78, 5) is 27.2. The Balaban J connectivity index is 4.01. The number of hydrogen-bond acceptors (Lipinski definition) is 3. The highest BCUT2D eigenvalue weighted by Gasteiger charge is 2.22. The summed E-state index contributed by atoms with van der Waals surface area (Å²) >= 11 is 0. The maximum absolute atomic E-state index is 10.6. The number of carbonyl (C=O) groups is 1. The second-order valence-electron chi connectivity index (χ2n) is 3.16. The minimum absolute atomic E-state index is 0.765. The molecule has 1 amide bonds. The first-order valence-corrected chi connectivity index (χ1v) is 4.78. The molecule has 0 fully saturated rings. The zero-order valence-electron chi connectivity index (χ0n) is 7.07. The molecular weight excluding hydrogens is 185 g/mol. The fourth-order valence-corrected chi connectivity index (χ4v) is 0.703. The summed E-state index contributed by atoms with van der Waals surface area (Å²) in [5.41, 5.74) is -0.765. The molecule has 0 radical (unpaired) electrons. The lowest BCUT2D eigenvalue weighted by molar-refractivity contribution is 0.0557. The minimum atomic E-state index is -4.53. The van der Waals surface area contributed by atoms with Crippen molar-refractivity contribution in [3.63, 3.8) is 0 Å². The molecule has 0 aromatic rings. The number of amides is 1. The maximum Gasteiger partial charge on any atom is 0.432 e. The Hall–Kier alpha value is -0.580. The van der Waals surface area contributed by atoms with Gasteiger partial charge in [0.05, 0.1) is 0 Å². The molecule has 0 heterocycles. The molecule has 0 aliphatic carbocycles. The molecule has 0 unspecified atom stereocenters. The Labute approximate surface area is 70.1 Å². The highest BCUT2D eigenvalue weighted by molar-refractivity contribution is 7.50. The van der Waals surface area contributed by atoms with Crippen molar-refractivity contribution in [1.29, 1.82) is 0 Å². The number of rotatable bonds is 1. The monoisotopic (exact) mass is 197 g/mol. The molecule has 0 bridgehead atoms. The fraction of sp³-hybridized carbons (Fsp3) is 0.800. The third kappa shape index (κ3) is 7.53. The second kappa shape index (κ2) is 3.43. The lowest BCUT2D eigenvalue weighted by Crippen LogP contribution is -2.30. The first-order chi connectivity index (χ1) is 5.10. The van der Waals surface area contributed by atoms with E-state index < -0.39 is 19.4 Å². The van der Waals surface area contributed by atoms with Gasteiger partial charge in [-0.3, -0.25) is 0 Å². The van der Waals surface area contributed by atoms with Crippen molar-refractivity contribution < 1.29 is 23.9 Å². The van der Waals surface area contributed by atoms with Crippen LogP contribution >= 0.6 is 7.75 Å². The molecule has 0 atom stereocenters. The van der Waals surface area contributed by atoms with Gasteiger partial charge >= 0.3 is 13.8 Å². The van der Waals surface area contributed by atoms with Gasteiger partial charge in [-0.05, 0) is 20.8 Å². The highest BCUT2D eigenvalue weighted by atomic mass is 31.2. The molecule has 0 aromatic heterocycles. The summed E-state index contributed by atoms with van der Waals surface area (Å²) in [6.45, 7) is 4.77. The number of carbonyl (C=O) groups excluding carboxylic acids is 1. The summed E-state index contributed by atoms with van der Waals surface area (Å²) in [7, 11) is -4.53. The molecule has 0 saturated carbocycles. The Morgan fingerprint density at radius 3 is 2.08 bits per heavy atom. The van der Waals surface area contributed by atoms with Gasteiger partial charge in [0.1, 0.15) is 5.60 Å². The molecule has 0 rings (SSSR count). The van der Waals surface area contributed by atoms with Gasteiger partial charge in [0.25, 0.3) is 0 Å². The van der Waals surface area contributed by atoms with Gasteiger partial charge in [-0.2, -0.15) is 0 Å². The first-order valence-electron chi connectivity index (χ1n) is 3.17. The van der Waals surface area contributed by atoms with E-state index in [9.17, 15) is 9.36 Å². The van der Waals surface area contributed by atoms with Crippen molar-refractivity contribution in [2.24, 2.45) is 0 Å². The normalized spacial score (nSPS) is 12.4. The standard InChI is InChI=1S/C5H12NO5P/c1-5(2,3)11-4(7)6-12(8,9)10/h1-3H3,(H3,6,7,8,9,10). The van der Waals surface area contributed by atoms with Gasteiger partial charge in [0.2, 0.25) is 0 Å². The van der Waals surface area contributed by atoms with E-state index in [1.807, 2.05) is 0 Å². The van der Waals surface area contributed by atoms with Crippen LogP contribution < -0.4 is 5.09 Å². The van der Waals surface area contributed by atoms with Crippen molar-refractivity contribution in [2.45, 2.75) is 26.4 Å². The minimum Gasteiger partial charge on any atom is -0.443 e. The van der Waals surface area contributed by atoms with E-state index in [2.05, 4.69) is 4.74 Å². The molecular formula is C5H12NO5P. The van der Waals surface area contributed by atoms with E-state index in [-0.39, 0.29) is 0 Å². The van der Waals surface area contributed by atoms with Gasteiger partial charge in [-0.25, -0.2) is 14.4 Å². The Bertz CT molecular complexity index is 214. The van der Waals surface area contributed by atoms with Crippen LogP contribution in [-0.2, 0) is 9.30 Å². The van der Waals surface area contributed by atoms with Crippen molar-refractivity contribution >= 4 is 13.8 Å². The van der Waals surface area contributed by atoms with Crippen LogP contribution in [0.4, 0.5) is 4.79 Å². The molecule has 0 aromatic carbocycles. The number of hydrogen-bond donors (Lipinski definition) is 3. The topological polar surface area (TPSA) is 95.9 Å². The smallest absolute Gasteiger partial charge is 0.432 e. The summed E-state index contributed by atoms with van der Waals surface area (Å²) < 4.78 is 14.8. The zero-order chi connectivity index (χ0) is 9.99. The van der Waals surface area contributed by atoms with Gasteiger partial charge < -0.3 is 14.5 Å².